The molecule has 0 radical (unpaired) electrons. The number of aliphatic hydroxyl groups is 1. The second-order valence-electron chi connectivity index (χ2n) is 4.69. The van der Waals surface area contributed by atoms with E-state index in [1.165, 1.54) is 23.5 Å². The summed E-state index contributed by atoms with van der Waals surface area (Å²) in [6, 6.07) is 2.63. The van der Waals surface area contributed by atoms with Crippen LogP contribution in [-0.4, -0.2) is 30.9 Å². The standard InChI is InChI=1S/C13H19Cl2NO3S/c1-4-5-9(2)16(3)20(18,19)12-7-11(14)6-10(8-17)13(12)15/h6-7,9,17H,4-5,8H2,1-3H3. The first kappa shape index (κ1) is 17.7. The number of sulfonamides is 1. The van der Waals surface area contributed by atoms with Gasteiger partial charge in [0.05, 0.1) is 11.6 Å². The quantitative estimate of drug-likeness (QED) is 0.864. The first-order valence-electron chi connectivity index (χ1n) is 6.32. The fourth-order valence-electron chi connectivity index (χ4n) is 1.91. The molecule has 0 aliphatic carbocycles. The third kappa shape index (κ3) is 3.65. The molecule has 1 N–H and O–H groups in total. The summed E-state index contributed by atoms with van der Waals surface area (Å²) in [5.41, 5.74) is 0.300. The number of halogens is 2. The van der Waals surface area contributed by atoms with Crippen LogP contribution in [0, 0.1) is 0 Å². The van der Waals surface area contributed by atoms with Crippen LogP contribution in [0.2, 0.25) is 10.0 Å². The molecule has 0 bridgehead atoms. The highest BCUT2D eigenvalue weighted by atomic mass is 35.5. The Kier molecular flexibility index (Phi) is 6.28. The van der Waals surface area contributed by atoms with Crippen molar-refractivity contribution < 1.29 is 13.5 Å². The van der Waals surface area contributed by atoms with Crippen LogP contribution < -0.4 is 0 Å². The Bertz CT molecular complexity index is 575. The van der Waals surface area contributed by atoms with Crippen LogP contribution in [0.25, 0.3) is 0 Å². The van der Waals surface area contributed by atoms with Crippen molar-refractivity contribution in [1.29, 1.82) is 0 Å². The van der Waals surface area contributed by atoms with Gasteiger partial charge in [-0.15, -0.1) is 0 Å². The van der Waals surface area contributed by atoms with E-state index < -0.39 is 10.0 Å². The lowest BCUT2D eigenvalue weighted by molar-refractivity contribution is 0.281. The minimum atomic E-state index is -3.74. The van der Waals surface area contributed by atoms with Crippen LogP contribution in [0.3, 0.4) is 0 Å². The van der Waals surface area contributed by atoms with Crippen molar-refractivity contribution >= 4 is 33.2 Å². The van der Waals surface area contributed by atoms with E-state index >= 15 is 0 Å². The van der Waals surface area contributed by atoms with Crippen LogP contribution >= 0.6 is 23.2 Å². The van der Waals surface area contributed by atoms with E-state index in [4.69, 9.17) is 23.2 Å². The highest BCUT2D eigenvalue weighted by molar-refractivity contribution is 7.89. The third-order valence-electron chi connectivity index (χ3n) is 3.23. The van der Waals surface area contributed by atoms with Gasteiger partial charge in [0.2, 0.25) is 10.0 Å². The van der Waals surface area contributed by atoms with Crippen LogP contribution in [-0.2, 0) is 16.6 Å². The summed E-state index contributed by atoms with van der Waals surface area (Å²) in [6.07, 6.45) is 1.63. The van der Waals surface area contributed by atoms with Crippen molar-refractivity contribution in [2.45, 2.75) is 44.2 Å². The summed E-state index contributed by atoms with van der Waals surface area (Å²) in [5, 5.41) is 9.46. The molecule has 1 rings (SSSR count). The molecule has 0 fully saturated rings. The predicted octanol–water partition coefficient (Wildman–Crippen LogP) is 3.29. The molecule has 1 aromatic rings. The van der Waals surface area contributed by atoms with Gasteiger partial charge in [0.15, 0.2) is 0 Å². The normalized spacial score (nSPS) is 13.8. The second kappa shape index (κ2) is 7.09. The molecule has 20 heavy (non-hydrogen) atoms. The lowest BCUT2D eigenvalue weighted by atomic mass is 10.2. The van der Waals surface area contributed by atoms with Crippen molar-refractivity contribution in [2.75, 3.05) is 7.05 Å². The molecule has 114 valence electrons. The smallest absolute Gasteiger partial charge is 0.244 e. The predicted molar refractivity (Wildman–Crippen MR) is 81.7 cm³/mol. The maximum atomic E-state index is 12.6. The molecular formula is C13H19Cl2NO3S. The largest absolute Gasteiger partial charge is 0.392 e. The lowest BCUT2D eigenvalue weighted by Crippen LogP contribution is -2.35. The molecule has 0 aliphatic heterocycles. The molecule has 0 aromatic heterocycles. The Balaban J connectivity index is 3.32. The number of hydrogen-bond acceptors (Lipinski definition) is 3. The fraction of sp³-hybridized carbons (Fsp3) is 0.538. The summed E-state index contributed by atoms with van der Waals surface area (Å²) in [6.45, 7) is 3.47. The minimum absolute atomic E-state index is 0.0208. The second-order valence-corrected chi connectivity index (χ2v) is 7.47. The van der Waals surface area contributed by atoms with Gasteiger partial charge in [-0.1, -0.05) is 36.5 Å². The van der Waals surface area contributed by atoms with Crippen molar-refractivity contribution in [3.63, 3.8) is 0 Å². The lowest BCUT2D eigenvalue weighted by Gasteiger charge is -2.25. The van der Waals surface area contributed by atoms with Crippen molar-refractivity contribution in [3.8, 4) is 0 Å². The summed E-state index contributed by atoms with van der Waals surface area (Å²) < 4.78 is 26.5. The monoisotopic (exact) mass is 339 g/mol. The summed E-state index contributed by atoms with van der Waals surface area (Å²) >= 11 is 12.0. The number of benzene rings is 1. The molecule has 1 unspecified atom stereocenters. The fourth-order valence-corrected chi connectivity index (χ4v) is 4.20. The highest BCUT2D eigenvalue weighted by Crippen LogP contribution is 2.32. The van der Waals surface area contributed by atoms with E-state index in [0.717, 1.165) is 12.8 Å². The Morgan fingerprint density at radius 3 is 2.45 bits per heavy atom. The van der Waals surface area contributed by atoms with E-state index in [0.29, 0.717) is 5.56 Å². The highest BCUT2D eigenvalue weighted by Gasteiger charge is 2.28. The van der Waals surface area contributed by atoms with Gasteiger partial charge in [-0.05, 0) is 31.0 Å². The summed E-state index contributed by atoms with van der Waals surface area (Å²) in [5.74, 6) is 0. The van der Waals surface area contributed by atoms with Crippen molar-refractivity contribution in [1.82, 2.24) is 4.31 Å². The summed E-state index contributed by atoms with van der Waals surface area (Å²) in [7, 11) is -2.22. The summed E-state index contributed by atoms with van der Waals surface area (Å²) in [4.78, 5) is -0.0684. The van der Waals surface area contributed by atoms with Crippen LogP contribution in [0.4, 0.5) is 0 Å². The van der Waals surface area contributed by atoms with E-state index in [9.17, 15) is 13.5 Å². The van der Waals surface area contributed by atoms with Gasteiger partial charge in [-0.25, -0.2) is 8.42 Å². The average Bonchev–Trinajstić information content (AvgIpc) is 2.40. The topological polar surface area (TPSA) is 57.6 Å². The number of nitrogens with zero attached hydrogens (tertiary/aromatic N) is 1. The molecule has 0 heterocycles. The third-order valence-corrected chi connectivity index (χ3v) is 6.01. The van der Waals surface area contributed by atoms with Crippen molar-refractivity contribution in [3.05, 3.63) is 27.7 Å². The maximum Gasteiger partial charge on any atom is 0.244 e. The molecule has 0 saturated heterocycles. The van der Waals surface area contributed by atoms with Gasteiger partial charge in [-0.3, -0.25) is 0 Å². The average molecular weight is 340 g/mol. The van der Waals surface area contributed by atoms with Gasteiger partial charge in [0.25, 0.3) is 0 Å². The van der Waals surface area contributed by atoms with Gasteiger partial charge >= 0.3 is 0 Å². The minimum Gasteiger partial charge on any atom is -0.392 e. The van der Waals surface area contributed by atoms with Gasteiger partial charge < -0.3 is 5.11 Å². The zero-order valence-electron chi connectivity index (χ0n) is 11.7. The molecular weight excluding hydrogens is 321 g/mol. The zero-order valence-corrected chi connectivity index (χ0v) is 14.1. The Morgan fingerprint density at radius 1 is 1.35 bits per heavy atom. The molecule has 0 spiro atoms. The number of rotatable bonds is 6. The molecule has 0 aliphatic rings. The Hall–Kier alpha value is -0.330. The van der Waals surface area contributed by atoms with Crippen molar-refractivity contribution in [2.24, 2.45) is 0 Å². The van der Waals surface area contributed by atoms with E-state index in [-0.39, 0.29) is 27.6 Å². The number of aliphatic hydroxyl groups excluding tert-OH is 1. The first-order chi connectivity index (χ1) is 9.25. The Morgan fingerprint density at radius 2 is 1.95 bits per heavy atom. The van der Waals surface area contributed by atoms with Gasteiger partial charge in [0, 0.05) is 18.1 Å². The number of hydrogen-bond donors (Lipinski definition) is 1. The molecule has 0 amide bonds. The van der Waals surface area contributed by atoms with E-state index in [1.54, 1.807) is 0 Å². The van der Waals surface area contributed by atoms with E-state index in [1.807, 2.05) is 13.8 Å². The Labute approximate surface area is 130 Å². The SMILES string of the molecule is CCCC(C)N(C)S(=O)(=O)c1cc(Cl)cc(CO)c1Cl. The molecule has 0 saturated carbocycles. The van der Waals surface area contributed by atoms with Crippen LogP contribution in [0.15, 0.2) is 17.0 Å². The first-order valence-corrected chi connectivity index (χ1v) is 8.52. The van der Waals surface area contributed by atoms with Gasteiger partial charge in [-0.2, -0.15) is 4.31 Å². The molecule has 7 heteroatoms. The van der Waals surface area contributed by atoms with Crippen LogP contribution in [0.1, 0.15) is 32.3 Å². The van der Waals surface area contributed by atoms with E-state index in [2.05, 4.69) is 0 Å². The zero-order chi connectivity index (χ0) is 15.5. The van der Waals surface area contributed by atoms with Gasteiger partial charge in [0.1, 0.15) is 4.90 Å². The molecule has 1 atom stereocenters. The maximum absolute atomic E-state index is 12.6. The van der Waals surface area contributed by atoms with Crippen LogP contribution in [0.5, 0.6) is 0 Å². The molecule has 1 aromatic carbocycles. The molecule has 4 nitrogen and oxygen atoms in total.